The average Bonchev–Trinajstić information content (AvgIpc) is 2.31. The molecule has 16 heavy (non-hydrogen) atoms. The summed E-state index contributed by atoms with van der Waals surface area (Å²) in [4.78, 5) is 0. The second-order valence-corrected chi connectivity index (χ2v) is 5.11. The summed E-state index contributed by atoms with van der Waals surface area (Å²) >= 11 is 3.34. The summed E-state index contributed by atoms with van der Waals surface area (Å²) in [7, 11) is 0. The first-order valence-corrected chi connectivity index (χ1v) is 6.34. The number of phenolic OH excluding ortho intramolecular Hbond substituents is 1. The summed E-state index contributed by atoms with van der Waals surface area (Å²) in [6.07, 6.45) is 2.84. The molecule has 0 unspecified atom stereocenters. The van der Waals surface area contributed by atoms with E-state index >= 15 is 0 Å². The first-order valence-electron chi connectivity index (χ1n) is 5.55. The van der Waals surface area contributed by atoms with Gasteiger partial charge in [0, 0.05) is 10.0 Å². The molecule has 2 N–H and O–H groups in total. The standard InChI is InChI=1S/C12H15BrFNO/c13-10-1-2-11(16)12(14)9(10)7-8-3-5-15-6-4-8/h1-2,8,15-16H,3-7H2. The van der Waals surface area contributed by atoms with Gasteiger partial charge >= 0.3 is 0 Å². The molecule has 0 aliphatic carbocycles. The van der Waals surface area contributed by atoms with E-state index < -0.39 is 5.82 Å². The quantitative estimate of drug-likeness (QED) is 0.877. The highest BCUT2D eigenvalue weighted by Crippen LogP contribution is 2.30. The van der Waals surface area contributed by atoms with Crippen LogP contribution in [0.5, 0.6) is 5.75 Å². The Kier molecular flexibility index (Phi) is 3.82. The van der Waals surface area contributed by atoms with E-state index in [9.17, 15) is 9.50 Å². The fraction of sp³-hybridized carbons (Fsp3) is 0.500. The largest absolute Gasteiger partial charge is 0.505 e. The Morgan fingerprint density at radius 2 is 2.06 bits per heavy atom. The van der Waals surface area contributed by atoms with Crippen LogP contribution in [-0.4, -0.2) is 18.2 Å². The van der Waals surface area contributed by atoms with E-state index in [1.165, 1.54) is 6.07 Å². The molecule has 1 aliphatic heterocycles. The van der Waals surface area contributed by atoms with Crippen LogP contribution in [0.3, 0.4) is 0 Å². The summed E-state index contributed by atoms with van der Waals surface area (Å²) in [5, 5.41) is 12.6. The smallest absolute Gasteiger partial charge is 0.169 e. The van der Waals surface area contributed by atoms with E-state index in [0.29, 0.717) is 17.9 Å². The van der Waals surface area contributed by atoms with Gasteiger partial charge in [-0.3, -0.25) is 0 Å². The number of nitrogens with one attached hydrogen (secondary N) is 1. The number of hydrogen-bond donors (Lipinski definition) is 2. The molecule has 1 saturated heterocycles. The van der Waals surface area contributed by atoms with Crippen LogP contribution in [0.15, 0.2) is 16.6 Å². The number of hydrogen-bond acceptors (Lipinski definition) is 2. The van der Waals surface area contributed by atoms with Crippen LogP contribution in [0.25, 0.3) is 0 Å². The van der Waals surface area contributed by atoms with Crippen molar-refractivity contribution < 1.29 is 9.50 Å². The topological polar surface area (TPSA) is 32.3 Å². The van der Waals surface area contributed by atoms with Gasteiger partial charge in [-0.1, -0.05) is 15.9 Å². The molecule has 0 bridgehead atoms. The van der Waals surface area contributed by atoms with E-state index in [2.05, 4.69) is 21.2 Å². The maximum absolute atomic E-state index is 13.7. The third-order valence-electron chi connectivity index (χ3n) is 3.12. The fourth-order valence-electron chi connectivity index (χ4n) is 2.15. The van der Waals surface area contributed by atoms with E-state index in [1.54, 1.807) is 6.07 Å². The summed E-state index contributed by atoms with van der Waals surface area (Å²) in [6, 6.07) is 3.08. The molecule has 0 aromatic heterocycles. The first kappa shape index (κ1) is 11.9. The predicted molar refractivity (Wildman–Crippen MR) is 65.1 cm³/mol. The van der Waals surface area contributed by atoms with Gasteiger partial charge in [0.05, 0.1) is 0 Å². The Hall–Kier alpha value is -0.610. The maximum Gasteiger partial charge on any atom is 0.169 e. The number of benzene rings is 1. The predicted octanol–water partition coefficient (Wildman–Crippen LogP) is 2.84. The zero-order valence-electron chi connectivity index (χ0n) is 8.97. The Balaban J connectivity index is 2.16. The Morgan fingerprint density at radius 1 is 1.38 bits per heavy atom. The Bertz CT molecular complexity index is 378. The molecular weight excluding hydrogens is 273 g/mol. The van der Waals surface area contributed by atoms with E-state index in [-0.39, 0.29) is 5.75 Å². The van der Waals surface area contributed by atoms with Gasteiger partial charge in [-0.15, -0.1) is 0 Å². The van der Waals surface area contributed by atoms with E-state index in [1.807, 2.05) is 0 Å². The van der Waals surface area contributed by atoms with Crippen LogP contribution in [0.2, 0.25) is 0 Å². The van der Waals surface area contributed by atoms with Gasteiger partial charge in [0.2, 0.25) is 0 Å². The number of halogens is 2. The lowest BCUT2D eigenvalue weighted by Crippen LogP contribution is -2.28. The normalized spacial score (nSPS) is 17.6. The molecule has 0 radical (unpaired) electrons. The Morgan fingerprint density at radius 3 is 2.75 bits per heavy atom. The van der Waals surface area contributed by atoms with Gasteiger partial charge in [0.1, 0.15) is 0 Å². The van der Waals surface area contributed by atoms with E-state index in [0.717, 1.165) is 30.4 Å². The highest BCUT2D eigenvalue weighted by molar-refractivity contribution is 9.10. The zero-order valence-corrected chi connectivity index (χ0v) is 10.6. The minimum absolute atomic E-state index is 0.257. The van der Waals surface area contributed by atoms with Crippen molar-refractivity contribution in [1.29, 1.82) is 0 Å². The highest BCUT2D eigenvalue weighted by Gasteiger charge is 2.18. The van der Waals surface area contributed by atoms with Crippen LogP contribution in [0.4, 0.5) is 4.39 Å². The van der Waals surface area contributed by atoms with Crippen molar-refractivity contribution in [2.75, 3.05) is 13.1 Å². The molecule has 88 valence electrons. The molecule has 0 saturated carbocycles. The molecule has 1 fully saturated rings. The third kappa shape index (κ3) is 2.55. The number of piperidine rings is 1. The van der Waals surface area contributed by atoms with Crippen LogP contribution < -0.4 is 5.32 Å². The molecule has 1 heterocycles. The molecule has 1 aromatic rings. The van der Waals surface area contributed by atoms with Crippen molar-refractivity contribution in [2.45, 2.75) is 19.3 Å². The monoisotopic (exact) mass is 287 g/mol. The van der Waals surface area contributed by atoms with Crippen LogP contribution in [0, 0.1) is 11.7 Å². The average molecular weight is 288 g/mol. The first-order chi connectivity index (χ1) is 7.68. The molecule has 1 aromatic carbocycles. The summed E-state index contributed by atoms with van der Waals surface area (Å²) in [5.74, 6) is -0.228. The minimum Gasteiger partial charge on any atom is -0.505 e. The molecule has 0 atom stereocenters. The maximum atomic E-state index is 13.7. The van der Waals surface area contributed by atoms with E-state index in [4.69, 9.17) is 0 Å². The molecular formula is C12H15BrFNO. The SMILES string of the molecule is Oc1ccc(Br)c(CC2CCNCC2)c1F. The molecule has 4 heteroatoms. The van der Waals surface area contributed by atoms with Crippen molar-refractivity contribution in [3.8, 4) is 5.75 Å². The van der Waals surface area contributed by atoms with Crippen molar-refractivity contribution in [1.82, 2.24) is 5.32 Å². The van der Waals surface area contributed by atoms with Crippen molar-refractivity contribution in [2.24, 2.45) is 5.92 Å². The van der Waals surface area contributed by atoms with Gasteiger partial charge in [-0.2, -0.15) is 0 Å². The van der Waals surface area contributed by atoms with Crippen LogP contribution >= 0.6 is 15.9 Å². The molecule has 2 rings (SSSR count). The number of rotatable bonds is 2. The van der Waals surface area contributed by atoms with Gasteiger partial charge in [-0.05, 0) is 50.4 Å². The van der Waals surface area contributed by atoms with Crippen LogP contribution in [0.1, 0.15) is 18.4 Å². The molecule has 1 aliphatic rings. The zero-order chi connectivity index (χ0) is 11.5. The second-order valence-electron chi connectivity index (χ2n) is 4.26. The highest BCUT2D eigenvalue weighted by atomic mass is 79.9. The lowest BCUT2D eigenvalue weighted by Gasteiger charge is -2.23. The lowest BCUT2D eigenvalue weighted by molar-refractivity contribution is 0.363. The Labute approximate surface area is 103 Å². The second kappa shape index (κ2) is 5.15. The molecule has 2 nitrogen and oxygen atoms in total. The summed E-state index contributed by atoms with van der Waals surface area (Å²) in [6.45, 7) is 2.01. The van der Waals surface area contributed by atoms with Crippen molar-refractivity contribution in [3.05, 3.63) is 28.0 Å². The summed E-state index contributed by atoms with van der Waals surface area (Å²) in [5.41, 5.74) is 0.604. The lowest BCUT2D eigenvalue weighted by atomic mass is 9.91. The van der Waals surface area contributed by atoms with Gasteiger partial charge in [0.15, 0.2) is 11.6 Å². The van der Waals surface area contributed by atoms with Crippen LogP contribution in [-0.2, 0) is 6.42 Å². The van der Waals surface area contributed by atoms with Gasteiger partial charge < -0.3 is 10.4 Å². The summed E-state index contributed by atoms with van der Waals surface area (Å²) < 4.78 is 14.5. The van der Waals surface area contributed by atoms with Gasteiger partial charge in [0.25, 0.3) is 0 Å². The molecule has 0 amide bonds. The number of phenols is 1. The third-order valence-corrected chi connectivity index (χ3v) is 3.86. The van der Waals surface area contributed by atoms with Crippen molar-refractivity contribution in [3.63, 3.8) is 0 Å². The molecule has 0 spiro atoms. The minimum atomic E-state index is -0.479. The fourth-order valence-corrected chi connectivity index (χ4v) is 2.62. The van der Waals surface area contributed by atoms with Crippen molar-refractivity contribution >= 4 is 15.9 Å². The van der Waals surface area contributed by atoms with Gasteiger partial charge in [-0.25, -0.2) is 4.39 Å². The number of aromatic hydroxyl groups is 1.